The zero-order valence-electron chi connectivity index (χ0n) is 5.68. The molecule has 0 aromatic carbocycles. The van der Waals surface area contributed by atoms with Crippen molar-refractivity contribution in [3.8, 4) is 0 Å². The van der Waals surface area contributed by atoms with E-state index in [4.69, 9.17) is 11.5 Å². The van der Waals surface area contributed by atoms with Crippen LogP contribution in [0.1, 0.15) is 6.42 Å². The van der Waals surface area contributed by atoms with Crippen molar-refractivity contribution in [3.63, 3.8) is 0 Å². The molecule has 0 radical (unpaired) electrons. The maximum Gasteiger partial charge on any atom is 0.247 e. The monoisotopic (exact) mass is 141 g/mol. The predicted octanol–water partition coefficient (Wildman–Crippen LogP) is -1.32. The summed E-state index contributed by atoms with van der Waals surface area (Å²) in [5.41, 5.74) is 11.7. The summed E-state index contributed by atoms with van der Waals surface area (Å²) in [5.74, 6) is -0.412. The van der Waals surface area contributed by atoms with E-state index in [-0.39, 0.29) is 0 Å². The second-order valence-corrected chi connectivity index (χ2v) is 2.29. The van der Waals surface area contributed by atoms with Gasteiger partial charge in [0.2, 0.25) is 5.91 Å². The fourth-order valence-electron chi connectivity index (χ4n) is 0.946. The number of rotatable bonds is 1. The van der Waals surface area contributed by atoms with E-state index in [1.807, 2.05) is 0 Å². The minimum Gasteiger partial charge on any atom is -0.402 e. The second-order valence-electron chi connectivity index (χ2n) is 2.29. The van der Waals surface area contributed by atoms with Crippen LogP contribution in [0.25, 0.3) is 0 Å². The molecule has 0 unspecified atom stereocenters. The van der Waals surface area contributed by atoms with Gasteiger partial charge in [-0.2, -0.15) is 0 Å². The molecule has 0 aliphatic carbocycles. The highest BCUT2D eigenvalue weighted by Crippen LogP contribution is 2.05. The summed E-state index contributed by atoms with van der Waals surface area (Å²) in [7, 11) is 0. The van der Waals surface area contributed by atoms with Crippen molar-refractivity contribution in [2.45, 2.75) is 6.42 Å². The zero-order chi connectivity index (χ0) is 7.56. The lowest BCUT2D eigenvalue weighted by Crippen LogP contribution is -2.33. The van der Waals surface area contributed by atoms with Crippen molar-refractivity contribution in [1.29, 1.82) is 0 Å². The van der Waals surface area contributed by atoms with E-state index in [1.165, 1.54) is 0 Å². The fraction of sp³-hybridized carbons (Fsp3) is 0.500. The smallest absolute Gasteiger partial charge is 0.247 e. The fourth-order valence-corrected chi connectivity index (χ4v) is 0.946. The molecule has 1 aliphatic rings. The summed E-state index contributed by atoms with van der Waals surface area (Å²) < 4.78 is 0. The van der Waals surface area contributed by atoms with Gasteiger partial charge in [0.1, 0.15) is 0 Å². The molecule has 1 aliphatic heterocycles. The molecule has 0 aromatic rings. The Hall–Kier alpha value is -1.03. The van der Waals surface area contributed by atoms with E-state index in [9.17, 15) is 4.79 Å². The van der Waals surface area contributed by atoms with E-state index in [2.05, 4.69) is 5.32 Å². The Kier molecular flexibility index (Phi) is 1.91. The van der Waals surface area contributed by atoms with Gasteiger partial charge < -0.3 is 16.8 Å². The second kappa shape index (κ2) is 2.70. The Morgan fingerprint density at radius 3 is 2.70 bits per heavy atom. The highest BCUT2D eigenvalue weighted by atomic mass is 16.1. The minimum absolute atomic E-state index is 0.412. The molecule has 4 heteroatoms. The van der Waals surface area contributed by atoms with Crippen LogP contribution in [0.3, 0.4) is 0 Å². The third kappa shape index (κ3) is 1.27. The molecule has 1 heterocycles. The van der Waals surface area contributed by atoms with Crippen LogP contribution in [0.4, 0.5) is 0 Å². The summed E-state index contributed by atoms with van der Waals surface area (Å²) in [4.78, 5) is 10.6. The Labute approximate surface area is 59.3 Å². The third-order valence-electron chi connectivity index (χ3n) is 1.56. The number of nitrogens with one attached hydrogen (secondary N) is 1. The van der Waals surface area contributed by atoms with E-state index >= 15 is 0 Å². The van der Waals surface area contributed by atoms with Gasteiger partial charge in [-0.25, -0.2) is 0 Å². The van der Waals surface area contributed by atoms with Gasteiger partial charge >= 0.3 is 0 Å². The molecule has 0 saturated carbocycles. The first-order valence-corrected chi connectivity index (χ1v) is 3.20. The molecule has 10 heavy (non-hydrogen) atoms. The van der Waals surface area contributed by atoms with E-state index in [0.717, 1.165) is 13.0 Å². The Morgan fingerprint density at radius 1 is 1.60 bits per heavy atom. The van der Waals surface area contributed by atoms with Crippen LogP contribution in [-0.2, 0) is 4.79 Å². The Morgan fingerprint density at radius 2 is 2.30 bits per heavy atom. The molecule has 0 fully saturated rings. The summed E-state index contributed by atoms with van der Waals surface area (Å²) in [6, 6.07) is 0. The van der Waals surface area contributed by atoms with Crippen molar-refractivity contribution in [2.24, 2.45) is 11.5 Å². The number of primary amides is 1. The van der Waals surface area contributed by atoms with Crippen molar-refractivity contribution in [1.82, 2.24) is 5.32 Å². The molecule has 1 rings (SSSR count). The zero-order valence-corrected chi connectivity index (χ0v) is 5.68. The molecule has 5 N–H and O–H groups in total. The topological polar surface area (TPSA) is 81.1 Å². The van der Waals surface area contributed by atoms with Crippen molar-refractivity contribution in [2.75, 3.05) is 13.1 Å². The minimum atomic E-state index is -0.412. The molecule has 0 aromatic heterocycles. The van der Waals surface area contributed by atoms with Gasteiger partial charge in [0, 0.05) is 24.4 Å². The van der Waals surface area contributed by atoms with Gasteiger partial charge in [0.15, 0.2) is 0 Å². The molecule has 1 amide bonds. The van der Waals surface area contributed by atoms with Gasteiger partial charge in [-0.15, -0.1) is 0 Å². The predicted molar refractivity (Wildman–Crippen MR) is 37.9 cm³/mol. The van der Waals surface area contributed by atoms with Gasteiger partial charge in [0.05, 0.1) is 0 Å². The molecular weight excluding hydrogens is 130 g/mol. The molecule has 0 spiro atoms. The summed E-state index contributed by atoms with van der Waals surface area (Å²) in [6.45, 7) is 1.35. The number of amides is 1. The van der Waals surface area contributed by atoms with Crippen molar-refractivity contribution >= 4 is 5.91 Å². The Balaban J connectivity index is 2.78. The summed E-state index contributed by atoms with van der Waals surface area (Å²) in [6.07, 6.45) is 0.721. The first kappa shape index (κ1) is 7.08. The Bertz CT molecular complexity index is 185. The number of hydrogen-bond donors (Lipinski definition) is 3. The molecular formula is C6H11N3O. The SMILES string of the molecule is NC(=O)C1=C(N)CCNC1. The summed E-state index contributed by atoms with van der Waals surface area (Å²) in [5, 5.41) is 3.01. The molecule has 0 saturated heterocycles. The van der Waals surface area contributed by atoms with Crippen LogP contribution in [-0.4, -0.2) is 19.0 Å². The number of hydrogen-bond acceptors (Lipinski definition) is 3. The largest absolute Gasteiger partial charge is 0.402 e. The molecule has 56 valence electrons. The number of carbonyl (C=O) groups excluding carboxylic acids is 1. The van der Waals surface area contributed by atoms with Crippen LogP contribution in [0.5, 0.6) is 0 Å². The van der Waals surface area contributed by atoms with Crippen molar-refractivity contribution < 1.29 is 4.79 Å². The highest BCUT2D eigenvalue weighted by Gasteiger charge is 2.13. The first-order chi connectivity index (χ1) is 4.72. The molecule has 0 bridgehead atoms. The van der Waals surface area contributed by atoms with Crippen LogP contribution >= 0.6 is 0 Å². The van der Waals surface area contributed by atoms with Gasteiger partial charge in [-0.3, -0.25) is 4.79 Å². The van der Waals surface area contributed by atoms with Crippen LogP contribution in [0, 0.1) is 0 Å². The quantitative estimate of drug-likeness (QED) is 0.423. The lowest BCUT2D eigenvalue weighted by Gasteiger charge is -2.15. The highest BCUT2D eigenvalue weighted by molar-refractivity contribution is 5.93. The lowest BCUT2D eigenvalue weighted by molar-refractivity contribution is -0.114. The van der Waals surface area contributed by atoms with E-state index in [0.29, 0.717) is 17.8 Å². The van der Waals surface area contributed by atoms with Gasteiger partial charge in [-0.1, -0.05) is 0 Å². The van der Waals surface area contributed by atoms with Gasteiger partial charge in [0.25, 0.3) is 0 Å². The van der Waals surface area contributed by atoms with Crippen LogP contribution < -0.4 is 16.8 Å². The standard InChI is InChI=1S/C6H11N3O/c7-5-1-2-9-3-4(5)6(8)10/h9H,1-3,7H2,(H2,8,10). The first-order valence-electron chi connectivity index (χ1n) is 3.20. The lowest BCUT2D eigenvalue weighted by atomic mass is 10.1. The molecule has 0 atom stereocenters. The third-order valence-corrected chi connectivity index (χ3v) is 1.56. The number of nitrogens with two attached hydrogens (primary N) is 2. The average molecular weight is 141 g/mol. The summed E-state index contributed by atoms with van der Waals surface area (Å²) >= 11 is 0. The average Bonchev–Trinajstić information content (AvgIpc) is 1.88. The maximum absolute atomic E-state index is 10.6. The normalized spacial score (nSPS) is 19.2. The van der Waals surface area contributed by atoms with Crippen molar-refractivity contribution in [3.05, 3.63) is 11.3 Å². The van der Waals surface area contributed by atoms with E-state index < -0.39 is 5.91 Å². The van der Waals surface area contributed by atoms with Crippen LogP contribution in [0.15, 0.2) is 11.3 Å². The maximum atomic E-state index is 10.6. The van der Waals surface area contributed by atoms with E-state index in [1.54, 1.807) is 0 Å². The molecule has 4 nitrogen and oxygen atoms in total. The van der Waals surface area contributed by atoms with Crippen LogP contribution in [0.2, 0.25) is 0 Å². The van der Waals surface area contributed by atoms with Gasteiger partial charge in [-0.05, 0) is 6.42 Å². The number of carbonyl (C=O) groups is 1.